The van der Waals surface area contributed by atoms with Crippen molar-refractivity contribution < 1.29 is 14.3 Å². The van der Waals surface area contributed by atoms with Gasteiger partial charge in [-0.15, -0.1) is 0 Å². The molecule has 0 saturated carbocycles. The second-order valence-corrected chi connectivity index (χ2v) is 5.35. The first-order chi connectivity index (χ1) is 8.45. The molecule has 6 heteroatoms. The van der Waals surface area contributed by atoms with E-state index in [1.807, 2.05) is 0 Å². The number of thiazole rings is 1. The molecule has 0 atom stereocenters. The summed E-state index contributed by atoms with van der Waals surface area (Å²) in [6.07, 6.45) is 1.00. The molecule has 1 heterocycles. The summed E-state index contributed by atoms with van der Waals surface area (Å²) in [4.78, 5) is 27.3. The summed E-state index contributed by atoms with van der Waals surface area (Å²) in [5, 5.41) is 3.70. The Labute approximate surface area is 111 Å². The van der Waals surface area contributed by atoms with Gasteiger partial charge >= 0.3 is 5.97 Å². The van der Waals surface area contributed by atoms with Crippen LogP contribution in [-0.4, -0.2) is 30.4 Å². The Balaban J connectivity index is 2.82. The van der Waals surface area contributed by atoms with E-state index >= 15 is 0 Å². The lowest BCUT2D eigenvalue weighted by molar-refractivity contribution is 0.0591. The van der Waals surface area contributed by atoms with Crippen LogP contribution in [0.3, 0.4) is 0 Å². The summed E-state index contributed by atoms with van der Waals surface area (Å²) in [7, 11) is 1.28. The number of anilines is 1. The van der Waals surface area contributed by atoms with E-state index in [9.17, 15) is 9.59 Å². The second kappa shape index (κ2) is 6.49. The predicted molar refractivity (Wildman–Crippen MR) is 71.4 cm³/mol. The van der Waals surface area contributed by atoms with Crippen LogP contribution in [0.1, 0.15) is 47.4 Å². The highest BCUT2D eigenvalue weighted by atomic mass is 32.1. The number of methoxy groups -OCH3 is 1. The third-order valence-corrected chi connectivity index (χ3v) is 3.44. The van der Waals surface area contributed by atoms with Gasteiger partial charge in [0.15, 0.2) is 16.6 Å². The van der Waals surface area contributed by atoms with Gasteiger partial charge in [0.1, 0.15) is 4.88 Å². The first-order valence-corrected chi connectivity index (χ1v) is 6.61. The molecule has 0 bridgehead atoms. The zero-order valence-corrected chi connectivity index (χ0v) is 11.9. The molecule has 0 aliphatic rings. The smallest absolute Gasteiger partial charge is 0.358 e. The Bertz CT molecular complexity index is 441. The Morgan fingerprint density at radius 2 is 2.11 bits per heavy atom. The topological polar surface area (TPSA) is 68.3 Å². The number of rotatable bonds is 6. The number of ether oxygens (including phenoxy) is 1. The monoisotopic (exact) mass is 270 g/mol. The first kappa shape index (κ1) is 14.6. The minimum Gasteiger partial charge on any atom is -0.464 e. The van der Waals surface area contributed by atoms with Crippen LogP contribution in [0.15, 0.2) is 0 Å². The van der Waals surface area contributed by atoms with Crippen LogP contribution in [-0.2, 0) is 4.74 Å². The van der Waals surface area contributed by atoms with E-state index in [2.05, 4.69) is 28.9 Å². The number of hydrogen-bond donors (Lipinski definition) is 1. The van der Waals surface area contributed by atoms with E-state index in [0.717, 1.165) is 13.0 Å². The molecule has 100 valence electrons. The van der Waals surface area contributed by atoms with Gasteiger partial charge in [0.2, 0.25) is 0 Å². The molecule has 0 aromatic carbocycles. The van der Waals surface area contributed by atoms with E-state index in [-0.39, 0.29) is 11.5 Å². The summed E-state index contributed by atoms with van der Waals surface area (Å²) < 4.78 is 4.61. The van der Waals surface area contributed by atoms with E-state index in [4.69, 9.17) is 0 Å². The maximum atomic E-state index is 11.5. The standard InChI is InChI=1S/C12H18N2O3S/c1-7(2)5-6-13-12-14-9(11(16)17-4)10(18-12)8(3)15/h7H,5-6H2,1-4H3,(H,13,14). The fourth-order valence-corrected chi connectivity index (χ4v) is 2.21. The lowest BCUT2D eigenvalue weighted by Crippen LogP contribution is -2.08. The molecule has 18 heavy (non-hydrogen) atoms. The average Bonchev–Trinajstić information content (AvgIpc) is 2.72. The molecule has 1 N–H and O–H groups in total. The largest absolute Gasteiger partial charge is 0.464 e. The minimum absolute atomic E-state index is 0.0991. The fourth-order valence-electron chi connectivity index (χ4n) is 1.34. The van der Waals surface area contributed by atoms with Crippen LogP contribution in [0.2, 0.25) is 0 Å². The van der Waals surface area contributed by atoms with Crippen LogP contribution in [0.25, 0.3) is 0 Å². The summed E-state index contributed by atoms with van der Waals surface area (Å²) in [5.41, 5.74) is 0.0991. The lowest BCUT2D eigenvalue weighted by atomic mass is 10.1. The zero-order valence-electron chi connectivity index (χ0n) is 11.1. The second-order valence-electron chi connectivity index (χ2n) is 4.35. The van der Waals surface area contributed by atoms with Gasteiger partial charge in [-0.25, -0.2) is 9.78 Å². The fraction of sp³-hybridized carbons (Fsp3) is 0.583. The molecule has 1 rings (SSSR count). The highest BCUT2D eigenvalue weighted by Gasteiger charge is 2.21. The van der Waals surface area contributed by atoms with Crippen molar-refractivity contribution in [2.24, 2.45) is 5.92 Å². The number of esters is 1. The van der Waals surface area contributed by atoms with Gasteiger partial charge in [-0.05, 0) is 12.3 Å². The van der Waals surface area contributed by atoms with Crippen LogP contribution < -0.4 is 5.32 Å². The van der Waals surface area contributed by atoms with Crippen molar-refractivity contribution in [2.75, 3.05) is 19.0 Å². The summed E-state index contributed by atoms with van der Waals surface area (Å²) >= 11 is 1.19. The molecule has 5 nitrogen and oxygen atoms in total. The number of carbonyl (C=O) groups excluding carboxylic acids is 2. The number of hydrogen-bond acceptors (Lipinski definition) is 6. The molecule has 1 aromatic heterocycles. The minimum atomic E-state index is -0.576. The van der Waals surface area contributed by atoms with E-state index < -0.39 is 5.97 Å². The van der Waals surface area contributed by atoms with Crippen molar-refractivity contribution in [3.63, 3.8) is 0 Å². The number of carbonyl (C=O) groups is 2. The molecule has 0 amide bonds. The van der Waals surface area contributed by atoms with Gasteiger partial charge in [-0.2, -0.15) is 0 Å². The van der Waals surface area contributed by atoms with Crippen molar-refractivity contribution in [1.29, 1.82) is 0 Å². The van der Waals surface area contributed by atoms with Crippen LogP contribution in [0, 0.1) is 5.92 Å². The summed E-state index contributed by atoms with van der Waals surface area (Å²) in [6.45, 7) is 6.44. The molecule has 0 radical (unpaired) electrons. The maximum absolute atomic E-state index is 11.5. The van der Waals surface area contributed by atoms with Crippen molar-refractivity contribution >= 4 is 28.2 Å². The number of aromatic nitrogens is 1. The Morgan fingerprint density at radius 1 is 1.44 bits per heavy atom. The third kappa shape index (κ3) is 3.80. The maximum Gasteiger partial charge on any atom is 0.358 e. The number of Topliss-reactive ketones (excluding diaryl/α,β-unsaturated/α-hetero) is 1. The molecule has 0 fully saturated rings. The Morgan fingerprint density at radius 3 is 2.61 bits per heavy atom. The van der Waals surface area contributed by atoms with Crippen molar-refractivity contribution in [3.8, 4) is 0 Å². The SMILES string of the molecule is COC(=O)c1nc(NCCC(C)C)sc1C(C)=O. The van der Waals surface area contributed by atoms with E-state index in [1.54, 1.807) is 0 Å². The third-order valence-electron chi connectivity index (χ3n) is 2.32. The molecule has 0 aliphatic carbocycles. The molecule has 0 unspecified atom stereocenters. The highest BCUT2D eigenvalue weighted by molar-refractivity contribution is 7.17. The normalized spacial score (nSPS) is 10.5. The van der Waals surface area contributed by atoms with E-state index in [1.165, 1.54) is 25.4 Å². The molecule has 0 aliphatic heterocycles. The van der Waals surface area contributed by atoms with Crippen LogP contribution >= 0.6 is 11.3 Å². The van der Waals surface area contributed by atoms with E-state index in [0.29, 0.717) is 15.9 Å². The number of nitrogens with zero attached hydrogens (tertiary/aromatic N) is 1. The first-order valence-electron chi connectivity index (χ1n) is 5.79. The average molecular weight is 270 g/mol. The van der Waals surface area contributed by atoms with Crippen molar-refractivity contribution in [3.05, 3.63) is 10.6 Å². The van der Waals surface area contributed by atoms with Gasteiger partial charge in [0.05, 0.1) is 7.11 Å². The van der Waals surface area contributed by atoms with Crippen LogP contribution in [0.4, 0.5) is 5.13 Å². The molecular weight excluding hydrogens is 252 g/mol. The van der Waals surface area contributed by atoms with Crippen molar-refractivity contribution in [1.82, 2.24) is 4.98 Å². The van der Waals surface area contributed by atoms with Gasteiger partial charge in [-0.3, -0.25) is 4.79 Å². The number of ketones is 1. The summed E-state index contributed by atoms with van der Waals surface area (Å²) in [6, 6.07) is 0. The van der Waals surface area contributed by atoms with Gasteiger partial charge < -0.3 is 10.1 Å². The van der Waals surface area contributed by atoms with Crippen molar-refractivity contribution in [2.45, 2.75) is 27.2 Å². The van der Waals surface area contributed by atoms with Crippen LogP contribution in [0.5, 0.6) is 0 Å². The molecule has 1 aromatic rings. The molecule has 0 saturated heterocycles. The summed E-state index contributed by atoms with van der Waals surface area (Å²) in [5.74, 6) is -0.164. The zero-order chi connectivity index (χ0) is 13.7. The van der Waals surface area contributed by atoms with Gasteiger partial charge in [0.25, 0.3) is 0 Å². The van der Waals surface area contributed by atoms with Gasteiger partial charge in [0, 0.05) is 13.5 Å². The highest BCUT2D eigenvalue weighted by Crippen LogP contribution is 2.24. The Hall–Kier alpha value is -1.43. The quantitative estimate of drug-likeness (QED) is 0.635. The number of nitrogens with one attached hydrogen (secondary N) is 1. The Kier molecular flexibility index (Phi) is 5.27. The molecule has 0 spiro atoms. The lowest BCUT2D eigenvalue weighted by Gasteiger charge is -2.04. The predicted octanol–water partition coefficient (Wildman–Crippen LogP) is 2.59. The van der Waals surface area contributed by atoms with Gasteiger partial charge in [-0.1, -0.05) is 25.2 Å². The molecular formula is C12H18N2O3S.